The third kappa shape index (κ3) is 4.94. The molecular formula is C21H24N2O2. The van der Waals surface area contributed by atoms with Gasteiger partial charge < -0.3 is 15.4 Å². The fraction of sp³-hybridized carbons (Fsp3) is 0.286. The van der Waals surface area contributed by atoms with E-state index >= 15 is 0 Å². The Balaban J connectivity index is 1.38. The number of aromatic nitrogens is 1. The minimum absolute atomic E-state index is 0.00745. The standard InChI is InChI=1S/C21H24N2O2/c24-18(13-16-7-2-1-3-8-16)15-23-21(25)12-6-9-17-14-22-20-11-5-4-10-19(17)20/h1-5,7-8,10-11,14,18,22,24H,6,9,12-13,15H2,(H,23,25). The Bertz CT molecular complexity index is 811. The largest absolute Gasteiger partial charge is 0.391 e. The molecule has 0 aliphatic heterocycles. The molecular weight excluding hydrogens is 312 g/mol. The van der Waals surface area contributed by atoms with Crippen LogP contribution in [0, 0.1) is 0 Å². The summed E-state index contributed by atoms with van der Waals surface area (Å²) in [4.78, 5) is 15.2. The molecule has 1 atom stereocenters. The molecule has 130 valence electrons. The number of carbonyl (C=O) groups is 1. The van der Waals surface area contributed by atoms with Crippen LogP contribution in [0.4, 0.5) is 0 Å². The van der Waals surface area contributed by atoms with Crippen LogP contribution in [0.15, 0.2) is 60.8 Å². The van der Waals surface area contributed by atoms with E-state index in [4.69, 9.17) is 0 Å². The van der Waals surface area contributed by atoms with Crippen molar-refractivity contribution in [2.45, 2.75) is 31.8 Å². The Morgan fingerprint density at radius 2 is 1.84 bits per heavy atom. The number of H-pyrrole nitrogens is 1. The number of aliphatic hydroxyl groups excluding tert-OH is 1. The van der Waals surface area contributed by atoms with Gasteiger partial charge in [-0.05, 0) is 30.0 Å². The van der Waals surface area contributed by atoms with Crippen LogP contribution >= 0.6 is 0 Å². The number of nitrogens with one attached hydrogen (secondary N) is 2. The van der Waals surface area contributed by atoms with Gasteiger partial charge in [0.2, 0.25) is 5.91 Å². The Hall–Kier alpha value is -2.59. The van der Waals surface area contributed by atoms with Crippen LogP contribution in [0.5, 0.6) is 0 Å². The Kier molecular flexibility index (Phi) is 5.86. The van der Waals surface area contributed by atoms with Crippen LogP contribution in [0.25, 0.3) is 10.9 Å². The van der Waals surface area contributed by atoms with Crippen molar-refractivity contribution < 1.29 is 9.90 Å². The lowest BCUT2D eigenvalue weighted by Crippen LogP contribution is -2.33. The molecule has 0 spiro atoms. The number of aliphatic hydroxyl groups is 1. The smallest absolute Gasteiger partial charge is 0.220 e. The topological polar surface area (TPSA) is 65.1 Å². The lowest BCUT2D eigenvalue weighted by molar-refractivity contribution is -0.121. The SMILES string of the molecule is O=C(CCCc1c[nH]c2ccccc12)NCC(O)Cc1ccccc1. The molecule has 0 aliphatic carbocycles. The summed E-state index contributed by atoms with van der Waals surface area (Å²) < 4.78 is 0. The van der Waals surface area contributed by atoms with Gasteiger partial charge >= 0.3 is 0 Å². The fourth-order valence-electron chi connectivity index (χ4n) is 3.06. The second-order valence-electron chi connectivity index (χ2n) is 6.36. The molecule has 1 unspecified atom stereocenters. The third-order valence-electron chi connectivity index (χ3n) is 4.37. The first-order chi connectivity index (χ1) is 12.2. The van der Waals surface area contributed by atoms with E-state index in [2.05, 4.69) is 22.4 Å². The van der Waals surface area contributed by atoms with Crippen molar-refractivity contribution >= 4 is 16.8 Å². The molecule has 4 heteroatoms. The summed E-state index contributed by atoms with van der Waals surface area (Å²) in [6.07, 6.45) is 4.15. The highest BCUT2D eigenvalue weighted by molar-refractivity contribution is 5.83. The van der Waals surface area contributed by atoms with Crippen molar-refractivity contribution in [1.82, 2.24) is 10.3 Å². The van der Waals surface area contributed by atoms with E-state index in [9.17, 15) is 9.90 Å². The van der Waals surface area contributed by atoms with E-state index < -0.39 is 6.10 Å². The van der Waals surface area contributed by atoms with Gasteiger partial charge in [-0.1, -0.05) is 48.5 Å². The number of hydrogen-bond acceptors (Lipinski definition) is 2. The highest BCUT2D eigenvalue weighted by Gasteiger charge is 2.09. The van der Waals surface area contributed by atoms with E-state index in [0.29, 0.717) is 19.4 Å². The number of rotatable bonds is 8. The van der Waals surface area contributed by atoms with Crippen molar-refractivity contribution in [2.75, 3.05) is 6.54 Å². The van der Waals surface area contributed by atoms with Crippen LogP contribution in [0.2, 0.25) is 0 Å². The lowest BCUT2D eigenvalue weighted by Gasteiger charge is -2.12. The number of hydrogen-bond donors (Lipinski definition) is 3. The quantitative estimate of drug-likeness (QED) is 0.591. The van der Waals surface area contributed by atoms with E-state index in [1.807, 2.05) is 48.7 Å². The summed E-state index contributed by atoms with van der Waals surface area (Å²) in [6.45, 7) is 0.292. The molecule has 1 amide bonds. The first-order valence-corrected chi connectivity index (χ1v) is 8.76. The molecule has 3 aromatic rings. The van der Waals surface area contributed by atoms with Crippen molar-refractivity contribution in [2.24, 2.45) is 0 Å². The molecule has 0 saturated heterocycles. The summed E-state index contributed by atoms with van der Waals surface area (Å²) >= 11 is 0. The third-order valence-corrected chi connectivity index (χ3v) is 4.37. The van der Waals surface area contributed by atoms with Crippen LogP contribution < -0.4 is 5.32 Å². The number of carbonyl (C=O) groups excluding carboxylic acids is 1. The zero-order valence-corrected chi connectivity index (χ0v) is 14.2. The summed E-state index contributed by atoms with van der Waals surface area (Å²) in [7, 11) is 0. The van der Waals surface area contributed by atoms with Crippen molar-refractivity contribution in [3.8, 4) is 0 Å². The van der Waals surface area contributed by atoms with Gasteiger partial charge in [-0.2, -0.15) is 0 Å². The van der Waals surface area contributed by atoms with Gasteiger partial charge in [0.15, 0.2) is 0 Å². The molecule has 0 saturated carbocycles. The molecule has 4 nitrogen and oxygen atoms in total. The van der Waals surface area contributed by atoms with Crippen molar-refractivity contribution in [1.29, 1.82) is 0 Å². The average Bonchev–Trinajstić information content (AvgIpc) is 3.04. The van der Waals surface area contributed by atoms with E-state index in [1.54, 1.807) is 0 Å². The van der Waals surface area contributed by atoms with E-state index in [-0.39, 0.29) is 5.91 Å². The summed E-state index contributed by atoms with van der Waals surface area (Å²) in [5.41, 5.74) is 3.45. The fourth-order valence-corrected chi connectivity index (χ4v) is 3.06. The van der Waals surface area contributed by atoms with Gasteiger partial charge in [-0.3, -0.25) is 4.79 Å². The summed E-state index contributed by atoms with van der Waals surface area (Å²) in [5, 5.41) is 14.1. The molecule has 2 aromatic carbocycles. The normalized spacial score (nSPS) is 12.2. The predicted molar refractivity (Wildman–Crippen MR) is 100 cm³/mol. The minimum atomic E-state index is -0.556. The second kappa shape index (κ2) is 8.49. The highest BCUT2D eigenvalue weighted by atomic mass is 16.3. The van der Waals surface area contributed by atoms with Gasteiger partial charge in [0, 0.05) is 36.5 Å². The molecule has 25 heavy (non-hydrogen) atoms. The van der Waals surface area contributed by atoms with Gasteiger partial charge in [-0.15, -0.1) is 0 Å². The monoisotopic (exact) mass is 336 g/mol. The van der Waals surface area contributed by atoms with Crippen LogP contribution in [0.1, 0.15) is 24.0 Å². The molecule has 3 rings (SSSR count). The zero-order valence-electron chi connectivity index (χ0n) is 14.2. The molecule has 1 heterocycles. The number of benzene rings is 2. The van der Waals surface area contributed by atoms with Crippen LogP contribution in [-0.4, -0.2) is 28.6 Å². The number of fused-ring (bicyclic) bond motifs is 1. The van der Waals surface area contributed by atoms with Gasteiger partial charge in [-0.25, -0.2) is 0 Å². The first-order valence-electron chi connectivity index (χ1n) is 8.76. The average molecular weight is 336 g/mol. The molecule has 0 fully saturated rings. The van der Waals surface area contributed by atoms with Crippen molar-refractivity contribution in [3.05, 3.63) is 71.9 Å². The maximum Gasteiger partial charge on any atom is 0.220 e. The molecule has 0 radical (unpaired) electrons. The number of para-hydroxylation sites is 1. The maximum atomic E-state index is 12.0. The molecule has 0 bridgehead atoms. The van der Waals surface area contributed by atoms with E-state index in [1.165, 1.54) is 10.9 Å². The predicted octanol–water partition coefficient (Wildman–Crippen LogP) is 3.21. The van der Waals surface area contributed by atoms with Gasteiger partial charge in [0.05, 0.1) is 6.10 Å². The first kappa shape index (κ1) is 17.2. The Labute approximate surface area is 147 Å². The minimum Gasteiger partial charge on any atom is -0.391 e. The number of amides is 1. The van der Waals surface area contributed by atoms with E-state index in [0.717, 1.165) is 23.9 Å². The van der Waals surface area contributed by atoms with Gasteiger partial charge in [0.1, 0.15) is 0 Å². The number of aryl methyl sites for hydroxylation is 1. The maximum absolute atomic E-state index is 12.0. The second-order valence-corrected chi connectivity index (χ2v) is 6.36. The highest BCUT2D eigenvalue weighted by Crippen LogP contribution is 2.19. The molecule has 1 aromatic heterocycles. The zero-order chi connectivity index (χ0) is 17.5. The van der Waals surface area contributed by atoms with Crippen LogP contribution in [0.3, 0.4) is 0 Å². The van der Waals surface area contributed by atoms with Gasteiger partial charge in [0.25, 0.3) is 0 Å². The molecule has 3 N–H and O–H groups in total. The Morgan fingerprint density at radius 3 is 2.68 bits per heavy atom. The summed E-state index contributed by atoms with van der Waals surface area (Å²) in [6, 6.07) is 18.0. The molecule has 0 aliphatic rings. The Morgan fingerprint density at radius 1 is 1.08 bits per heavy atom. The summed E-state index contributed by atoms with van der Waals surface area (Å²) in [5.74, 6) is -0.00745. The number of aromatic amines is 1. The van der Waals surface area contributed by atoms with Crippen molar-refractivity contribution in [3.63, 3.8) is 0 Å². The van der Waals surface area contributed by atoms with Crippen LogP contribution in [-0.2, 0) is 17.6 Å². The lowest BCUT2D eigenvalue weighted by atomic mass is 10.1.